The van der Waals surface area contributed by atoms with E-state index in [0.717, 1.165) is 15.4 Å². The summed E-state index contributed by atoms with van der Waals surface area (Å²) in [5.74, 6) is -0.715. The van der Waals surface area contributed by atoms with Crippen LogP contribution in [0.4, 0.5) is 5.69 Å². The van der Waals surface area contributed by atoms with Crippen LogP contribution in [0.3, 0.4) is 0 Å². The molecule has 0 aliphatic rings. The van der Waals surface area contributed by atoms with Crippen LogP contribution >= 0.6 is 11.3 Å². The zero-order valence-electron chi connectivity index (χ0n) is 13.1. The molecule has 2 rings (SSSR count). The van der Waals surface area contributed by atoms with Crippen molar-refractivity contribution in [3.8, 4) is 0 Å². The monoisotopic (exact) mass is 317 g/mol. The summed E-state index contributed by atoms with van der Waals surface area (Å²) in [4.78, 5) is 28.0. The Morgan fingerprint density at radius 2 is 1.82 bits per heavy atom. The predicted octanol–water partition coefficient (Wildman–Crippen LogP) is 3.57. The minimum atomic E-state index is -0.836. The summed E-state index contributed by atoms with van der Waals surface area (Å²) in [5, 5.41) is 0. The molecule has 0 fully saturated rings. The highest BCUT2D eigenvalue weighted by Crippen LogP contribution is 2.22. The Labute approximate surface area is 134 Å². The van der Waals surface area contributed by atoms with Gasteiger partial charge in [-0.15, -0.1) is 11.3 Å². The first-order chi connectivity index (χ1) is 10.4. The summed E-state index contributed by atoms with van der Waals surface area (Å²) < 4.78 is 5.31. The van der Waals surface area contributed by atoms with Crippen molar-refractivity contribution in [1.29, 1.82) is 0 Å². The number of rotatable bonds is 4. The van der Waals surface area contributed by atoms with Gasteiger partial charge in [-0.2, -0.15) is 0 Å². The molecule has 0 bridgehead atoms. The molecule has 0 aliphatic heterocycles. The fourth-order valence-electron chi connectivity index (χ4n) is 2.16. The van der Waals surface area contributed by atoms with E-state index in [9.17, 15) is 9.59 Å². The second kappa shape index (κ2) is 6.75. The molecule has 0 radical (unpaired) electrons. The number of anilines is 1. The van der Waals surface area contributed by atoms with Crippen LogP contribution in [-0.2, 0) is 9.53 Å². The lowest BCUT2D eigenvalue weighted by molar-refractivity contribution is -0.126. The highest BCUT2D eigenvalue weighted by atomic mass is 32.1. The summed E-state index contributed by atoms with van der Waals surface area (Å²) >= 11 is 1.54. The Balaban J connectivity index is 2.05. The van der Waals surface area contributed by atoms with Crippen LogP contribution in [0.15, 0.2) is 36.4 Å². The van der Waals surface area contributed by atoms with Crippen molar-refractivity contribution in [3.63, 3.8) is 0 Å². The number of carbonyl (C=O) groups excluding carboxylic acids is 2. The minimum absolute atomic E-state index is 0.260. The van der Waals surface area contributed by atoms with E-state index in [1.807, 2.05) is 44.2 Å². The first kappa shape index (κ1) is 16.2. The topological polar surface area (TPSA) is 46.6 Å². The van der Waals surface area contributed by atoms with Gasteiger partial charge in [0, 0.05) is 22.5 Å². The summed E-state index contributed by atoms with van der Waals surface area (Å²) in [6.07, 6.45) is -0.836. The van der Waals surface area contributed by atoms with Gasteiger partial charge in [-0.25, -0.2) is 4.79 Å². The summed E-state index contributed by atoms with van der Waals surface area (Å²) in [5.41, 5.74) is 1.29. The average Bonchev–Trinajstić information content (AvgIpc) is 2.85. The quantitative estimate of drug-likeness (QED) is 0.810. The summed E-state index contributed by atoms with van der Waals surface area (Å²) in [6.45, 7) is 5.40. The lowest BCUT2D eigenvalue weighted by atomic mass is 10.2. The first-order valence-corrected chi connectivity index (χ1v) is 7.82. The van der Waals surface area contributed by atoms with Crippen LogP contribution < -0.4 is 4.90 Å². The number of hydrogen-bond donors (Lipinski definition) is 0. The van der Waals surface area contributed by atoms with Gasteiger partial charge in [0.05, 0.1) is 5.56 Å². The SMILES string of the molecule is Cc1cc(C(=O)O[C@H](C)C(=O)N(C)c2ccccc2)c(C)s1. The number of amides is 1. The van der Waals surface area contributed by atoms with E-state index in [-0.39, 0.29) is 5.91 Å². The van der Waals surface area contributed by atoms with Crippen molar-refractivity contribution in [2.24, 2.45) is 0 Å². The van der Waals surface area contributed by atoms with Gasteiger partial charge in [-0.3, -0.25) is 4.79 Å². The number of aryl methyl sites for hydroxylation is 2. The van der Waals surface area contributed by atoms with Crippen LogP contribution in [0.5, 0.6) is 0 Å². The van der Waals surface area contributed by atoms with Crippen molar-refractivity contribution in [2.75, 3.05) is 11.9 Å². The van der Waals surface area contributed by atoms with E-state index in [4.69, 9.17) is 4.74 Å². The number of para-hydroxylation sites is 1. The van der Waals surface area contributed by atoms with E-state index < -0.39 is 12.1 Å². The van der Waals surface area contributed by atoms with Crippen molar-refractivity contribution in [3.05, 3.63) is 51.7 Å². The Morgan fingerprint density at radius 1 is 1.18 bits per heavy atom. The van der Waals surface area contributed by atoms with E-state index in [2.05, 4.69) is 0 Å². The molecule has 1 heterocycles. The lowest BCUT2D eigenvalue weighted by Gasteiger charge is -2.21. The molecular formula is C17H19NO3S. The van der Waals surface area contributed by atoms with Crippen molar-refractivity contribution in [1.82, 2.24) is 0 Å². The molecule has 22 heavy (non-hydrogen) atoms. The predicted molar refractivity (Wildman–Crippen MR) is 88.5 cm³/mol. The van der Waals surface area contributed by atoms with Crippen LogP contribution in [0, 0.1) is 13.8 Å². The second-order valence-corrected chi connectivity index (χ2v) is 6.57. The molecule has 0 N–H and O–H groups in total. The molecule has 2 aromatic rings. The van der Waals surface area contributed by atoms with Gasteiger partial charge in [0.25, 0.3) is 5.91 Å². The summed E-state index contributed by atoms with van der Waals surface area (Å²) in [6, 6.07) is 11.0. The van der Waals surface area contributed by atoms with Crippen LogP contribution in [-0.4, -0.2) is 25.0 Å². The number of esters is 1. The van der Waals surface area contributed by atoms with Crippen LogP contribution in [0.2, 0.25) is 0 Å². The Kier molecular flexibility index (Phi) is 4.98. The fraction of sp³-hybridized carbons (Fsp3) is 0.294. The first-order valence-electron chi connectivity index (χ1n) is 7.00. The smallest absolute Gasteiger partial charge is 0.340 e. The molecule has 1 atom stereocenters. The minimum Gasteiger partial charge on any atom is -0.449 e. The van der Waals surface area contributed by atoms with Gasteiger partial charge < -0.3 is 9.64 Å². The van der Waals surface area contributed by atoms with Gasteiger partial charge in [0.15, 0.2) is 6.10 Å². The van der Waals surface area contributed by atoms with Gasteiger partial charge in [-0.05, 0) is 39.0 Å². The number of benzene rings is 1. The van der Waals surface area contributed by atoms with Gasteiger partial charge in [-0.1, -0.05) is 18.2 Å². The molecule has 0 saturated heterocycles. The fourth-order valence-corrected chi connectivity index (χ4v) is 3.07. The van der Waals surface area contributed by atoms with E-state index in [1.54, 1.807) is 31.4 Å². The maximum Gasteiger partial charge on any atom is 0.340 e. The summed E-state index contributed by atoms with van der Waals surface area (Å²) in [7, 11) is 1.67. The maximum atomic E-state index is 12.4. The van der Waals surface area contributed by atoms with Crippen molar-refractivity contribution >= 4 is 28.9 Å². The molecular weight excluding hydrogens is 298 g/mol. The van der Waals surface area contributed by atoms with Crippen LogP contribution in [0.25, 0.3) is 0 Å². The van der Waals surface area contributed by atoms with E-state index in [1.165, 1.54) is 4.90 Å². The molecule has 1 amide bonds. The zero-order chi connectivity index (χ0) is 16.3. The lowest BCUT2D eigenvalue weighted by Crippen LogP contribution is -2.37. The van der Waals surface area contributed by atoms with Gasteiger partial charge >= 0.3 is 5.97 Å². The van der Waals surface area contributed by atoms with E-state index in [0.29, 0.717) is 5.56 Å². The van der Waals surface area contributed by atoms with E-state index >= 15 is 0 Å². The maximum absolute atomic E-state index is 12.4. The van der Waals surface area contributed by atoms with Crippen molar-refractivity contribution in [2.45, 2.75) is 26.9 Å². The molecule has 0 aliphatic carbocycles. The Bertz CT molecular complexity index is 678. The number of likely N-dealkylation sites (N-methyl/N-ethyl adjacent to an activating group) is 1. The number of carbonyl (C=O) groups is 2. The highest BCUT2D eigenvalue weighted by Gasteiger charge is 2.24. The molecule has 0 spiro atoms. The van der Waals surface area contributed by atoms with Crippen LogP contribution in [0.1, 0.15) is 27.0 Å². The third kappa shape index (κ3) is 3.54. The largest absolute Gasteiger partial charge is 0.449 e. The molecule has 5 heteroatoms. The molecule has 0 unspecified atom stereocenters. The normalized spacial score (nSPS) is 11.8. The average molecular weight is 317 g/mol. The third-order valence-corrected chi connectivity index (χ3v) is 4.33. The molecule has 116 valence electrons. The number of nitrogens with zero attached hydrogens (tertiary/aromatic N) is 1. The second-order valence-electron chi connectivity index (χ2n) is 5.11. The molecule has 4 nitrogen and oxygen atoms in total. The van der Waals surface area contributed by atoms with Crippen molar-refractivity contribution < 1.29 is 14.3 Å². The number of hydrogen-bond acceptors (Lipinski definition) is 4. The molecule has 1 aromatic heterocycles. The Morgan fingerprint density at radius 3 is 2.36 bits per heavy atom. The standard InChI is InChI=1S/C17H19NO3S/c1-11-10-15(13(3)22-11)17(20)21-12(2)16(19)18(4)14-8-6-5-7-9-14/h5-10,12H,1-4H3/t12-/m1/s1. The van der Waals surface area contributed by atoms with Gasteiger partial charge in [0.2, 0.25) is 0 Å². The third-order valence-electron chi connectivity index (χ3n) is 3.37. The number of thiophene rings is 1. The Hall–Kier alpha value is -2.14. The highest BCUT2D eigenvalue weighted by molar-refractivity contribution is 7.12. The van der Waals surface area contributed by atoms with Gasteiger partial charge in [0.1, 0.15) is 0 Å². The molecule has 0 saturated carbocycles. The zero-order valence-corrected chi connectivity index (χ0v) is 13.9. The molecule has 1 aromatic carbocycles. The number of ether oxygens (including phenoxy) is 1.